The Hall–Kier alpha value is -3.40. The van der Waals surface area contributed by atoms with Crippen LogP contribution in [0.2, 0.25) is 0 Å². The van der Waals surface area contributed by atoms with Crippen molar-refractivity contribution >= 4 is 54.2 Å². The summed E-state index contributed by atoms with van der Waals surface area (Å²) in [5, 5.41) is 46.1. The van der Waals surface area contributed by atoms with Crippen LogP contribution in [0.15, 0.2) is 0 Å². The molecule has 0 spiro atoms. The fourth-order valence-electron chi connectivity index (χ4n) is 3.04. The molecular formula is C21H34N4O11S. The van der Waals surface area contributed by atoms with Gasteiger partial charge in [0.25, 0.3) is 0 Å². The van der Waals surface area contributed by atoms with Crippen molar-refractivity contribution < 1.29 is 54.0 Å². The molecule has 0 saturated heterocycles. The maximum Gasteiger partial charge on any atom is 0.305 e. The number of aliphatic carboxylic acids is 3. The van der Waals surface area contributed by atoms with Crippen molar-refractivity contribution in [1.29, 1.82) is 0 Å². The number of hydrogen-bond donors (Lipinski definition) is 9. The molecule has 0 radical (unpaired) electrons. The van der Waals surface area contributed by atoms with E-state index in [2.05, 4.69) is 33.9 Å². The van der Waals surface area contributed by atoms with Gasteiger partial charge in [0.1, 0.15) is 23.1 Å². The van der Waals surface area contributed by atoms with Gasteiger partial charge >= 0.3 is 17.9 Å². The third-order valence-corrected chi connectivity index (χ3v) is 5.27. The molecule has 0 aliphatic rings. The van der Waals surface area contributed by atoms with Crippen molar-refractivity contribution in [2.24, 2.45) is 5.92 Å². The fourth-order valence-corrected chi connectivity index (χ4v) is 3.20. The van der Waals surface area contributed by atoms with Crippen LogP contribution in [-0.2, 0) is 33.6 Å². The van der Waals surface area contributed by atoms with Crippen molar-refractivity contribution in [2.75, 3.05) is 0 Å². The molecule has 210 valence electrons. The zero-order chi connectivity index (χ0) is 29.1. The number of carbonyl (C=O) groups excluding carboxylic acids is 4. The van der Waals surface area contributed by atoms with Crippen LogP contribution >= 0.6 is 12.6 Å². The lowest BCUT2D eigenvalue weighted by Crippen LogP contribution is -2.60. The third-order valence-electron chi connectivity index (χ3n) is 4.95. The van der Waals surface area contributed by atoms with Crippen LogP contribution in [0, 0.1) is 5.92 Å². The zero-order valence-electron chi connectivity index (χ0n) is 20.8. The molecule has 0 heterocycles. The van der Waals surface area contributed by atoms with Crippen LogP contribution in [-0.4, -0.2) is 91.1 Å². The lowest BCUT2D eigenvalue weighted by atomic mass is 10.00. The van der Waals surface area contributed by atoms with Gasteiger partial charge in [0.2, 0.25) is 23.6 Å². The van der Waals surface area contributed by atoms with Crippen molar-refractivity contribution in [3.8, 4) is 0 Å². The maximum atomic E-state index is 13.0. The Morgan fingerprint density at radius 1 is 0.757 bits per heavy atom. The normalized spacial score (nSPS) is 15.8. The number of thiol groups is 1. The van der Waals surface area contributed by atoms with Crippen LogP contribution in [0.4, 0.5) is 0 Å². The topological polar surface area (TPSA) is 249 Å². The van der Waals surface area contributed by atoms with Crippen LogP contribution in [0.1, 0.15) is 53.4 Å². The van der Waals surface area contributed by atoms with E-state index in [4.69, 9.17) is 15.3 Å². The standard InChI is InChI=1S/C21H34N4O11S/c1-9(2)17(20(35)24-13(8-16(31)32)21(4,36)37)25-18(33)11(5-6-14(27)28)23-19(34)12(7-15(29)30)22-10(3)26/h9,11-13,17,36-37H,5-8H2,1-4H3,(H,22,26)(H,23,34)(H,24,35)(H,25,33)(H,27,28)(H,29,30)(H,31,32)/t11-,12-,13-,17-,21-/m0/s1. The first-order valence-electron chi connectivity index (χ1n) is 11.1. The molecule has 0 rings (SSSR count). The summed E-state index contributed by atoms with van der Waals surface area (Å²) in [6.45, 7) is 5.29. The van der Waals surface area contributed by atoms with E-state index in [1.54, 1.807) is 13.8 Å². The number of carboxylic acid groups (broad SMARTS) is 3. The van der Waals surface area contributed by atoms with Crippen LogP contribution < -0.4 is 21.3 Å². The molecule has 0 aromatic heterocycles. The summed E-state index contributed by atoms with van der Waals surface area (Å²) in [4.78, 5) is 81.1. The molecule has 0 unspecified atom stereocenters. The van der Waals surface area contributed by atoms with Gasteiger partial charge in [0.15, 0.2) is 0 Å². The fraction of sp³-hybridized carbons (Fsp3) is 0.667. The molecule has 0 saturated carbocycles. The summed E-state index contributed by atoms with van der Waals surface area (Å²) in [7, 11) is 0. The summed E-state index contributed by atoms with van der Waals surface area (Å²) < 4.78 is 0. The lowest BCUT2D eigenvalue weighted by molar-refractivity contribution is -0.142. The molecule has 0 bridgehead atoms. The number of hydrogen-bond acceptors (Lipinski definition) is 9. The highest BCUT2D eigenvalue weighted by molar-refractivity contribution is 7.81. The minimum Gasteiger partial charge on any atom is -0.481 e. The number of carbonyl (C=O) groups is 7. The van der Waals surface area contributed by atoms with Crippen molar-refractivity contribution in [1.82, 2.24) is 21.3 Å². The summed E-state index contributed by atoms with van der Waals surface area (Å²) in [5.74, 6) is -8.32. The molecule has 0 aliphatic carbocycles. The summed E-state index contributed by atoms with van der Waals surface area (Å²) in [6, 6.07) is -5.76. The predicted octanol–water partition coefficient (Wildman–Crippen LogP) is -1.95. The van der Waals surface area contributed by atoms with E-state index in [1.165, 1.54) is 0 Å². The average Bonchev–Trinajstić information content (AvgIpc) is 2.71. The van der Waals surface area contributed by atoms with E-state index in [-0.39, 0.29) is 0 Å². The van der Waals surface area contributed by atoms with E-state index in [1.807, 2.05) is 0 Å². The van der Waals surface area contributed by atoms with Gasteiger partial charge in [-0.3, -0.25) is 33.6 Å². The molecule has 16 heteroatoms. The minimum absolute atomic E-state index is 0.438. The van der Waals surface area contributed by atoms with E-state index in [0.717, 1.165) is 13.8 Å². The number of amides is 4. The van der Waals surface area contributed by atoms with Gasteiger partial charge in [-0.15, -0.1) is 12.6 Å². The van der Waals surface area contributed by atoms with Gasteiger partial charge in [-0.05, 0) is 19.3 Å². The van der Waals surface area contributed by atoms with Crippen LogP contribution in [0.3, 0.4) is 0 Å². The number of aliphatic hydroxyl groups is 1. The van der Waals surface area contributed by atoms with Crippen molar-refractivity contribution in [3.05, 3.63) is 0 Å². The third kappa shape index (κ3) is 13.5. The number of nitrogens with one attached hydrogen (secondary N) is 4. The van der Waals surface area contributed by atoms with E-state index in [9.17, 15) is 38.7 Å². The maximum absolute atomic E-state index is 13.0. The molecule has 8 N–H and O–H groups in total. The quantitative estimate of drug-likeness (QED) is 0.0754. The Bertz CT molecular complexity index is 872. The molecule has 0 aromatic rings. The highest BCUT2D eigenvalue weighted by Gasteiger charge is 2.36. The van der Waals surface area contributed by atoms with Crippen LogP contribution in [0.25, 0.3) is 0 Å². The first-order chi connectivity index (χ1) is 16.8. The zero-order valence-corrected chi connectivity index (χ0v) is 21.7. The summed E-state index contributed by atoms with van der Waals surface area (Å²) >= 11 is 3.89. The van der Waals surface area contributed by atoms with Crippen molar-refractivity contribution in [2.45, 2.75) is 82.5 Å². The lowest BCUT2D eigenvalue weighted by Gasteiger charge is -2.31. The first-order valence-corrected chi connectivity index (χ1v) is 11.6. The van der Waals surface area contributed by atoms with E-state index >= 15 is 0 Å². The molecular weight excluding hydrogens is 516 g/mol. The Morgan fingerprint density at radius 3 is 1.68 bits per heavy atom. The molecule has 0 aromatic carbocycles. The molecule has 4 amide bonds. The second-order valence-electron chi connectivity index (χ2n) is 8.83. The Balaban J connectivity index is 5.81. The van der Waals surface area contributed by atoms with Gasteiger partial charge in [-0.1, -0.05) is 13.8 Å². The monoisotopic (exact) mass is 550 g/mol. The highest BCUT2D eigenvalue weighted by Crippen LogP contribution is 2.18. The molecule has 15 nitrogen and oxygen atoms in total. The highest BCUT2D eigenvalue weighted by atomic mass is 32.1. The predicted molar refractivity (Wildman–Crippen MR) is 129 cm³/mol. The Labute approximate surface area is 218 Å². The average molecular weight is 551 g/mol. The van der Waals surface area contributed by atoms with Gasteiger partial charge in [-0.25, -0.2) is 0 Å². The SMILES string of the molecule is CC(=O)N[C@@H](CC(=O)O)C(=O)N[C@@H](CCC(=O)O)C(=O)N[C@H](C(=O)N[C@@H](CC(=O)O)[C@@](C)(O)S)C(C)C. The minimum atomic E-state index is -1.93. The first kappa shape index (κ1) is 33.6. The number of carboxylic acids is 3. The molecule has 0 aliphatic heterocycles. The summed E-state index contributed by atoms with van der Waals surface area (Å²) in [5.41, 5.74) is 0. The van der Waals surface area contributed by atoms with E-state index < -0.39 is 102 Å². The van der Waals surface area contributed by atoms with E-state index in [0.29, 0.717) is 0 Å². The van der Waals surface area contributed by atoms with Gasteiger partial charge < -0.3 is 41.7 Å². The summed E-state index contributed by atoms with van der Waals surface area (Å²) in [6.07, 6.45) is -2.52. The Morgan fingerprint density at radius 2 is 1.27 bits per heavy atom. The second kappa shape index (κ2) is 15.0. The molecule has 5 atom stereocenters. The Kier molecular flexibility index (Phi) is 13.6. The second-order valence-corrected chi connectivity index (χ2v) is 9.73. The largest absolute Gasteiger partial charge is 0.481 e. The van der Waals surface area contributed by atoms with Gasteiger partial charge in [-0.2, -0.15) is 0 Å². The molecule has 0 fully saturated rings. The smallest absolute Gasteiger partial charge is 0.305 e. The van der Waals surface area contributed by atoms with Gasteiger partial charge in [0, 0.05) is 13.3 Å². The number of rotatable bonds is 16. The molecule has 37 heavy (non-hydrogen) atoms. The van der Waals surface area contributed by atoms with Crippen molar-refractivity contribution in [3.63, 3.8) is 0 Å². The van der Waals surface area contributed by atoms with Gasteiger partial charge in [0.05, 0.1) is 18.9 Å². The van der Waals surface area contributed by atoms with Crippen LogP contribution in [0.5, 0.6) is 0 Å².